The first-order valence-corrected chi connectivity index (χ1v) is 8.50. The predicted molar refractivity (Wildman–Crippen MR) is 80.4 cm³/mol. The van der Waals surface area contributed by atoms with Crippen LogP contribution in [0.3, 0.4) is 0 Å². The van der Waals surface area contributed by atoms with Crippen molar-refractivity contribution in [3.8, 4) is 11.5 Å². The minimum Gasteiger partial charge on any atom is -0.497 e. The molecule has 2 N–H and O–H groups in total. The molecule has 0 aromatic heterocycles. The van der Waals surface area contributed by atoms with Crippen molar-refractivity contribution in [2.75, 3.05) is 27.3 Å². The Morgan fingerprint density at radius 2 is 2.14 bits per heavy atom. The lowest BCUT2D eigenvalue weighted by molar-refractivity contribution is 0.392. The summed E-state index contributed by atoms with van der Waals surface area (Å²) < 4.78 is 37.6. The maximum Gasteiger partial charge on any atom is 0.244 e. The Morgan fingerprint density at radius 1 is 1.33 bits per heavy atom. The number of nitrogens with one attached hydrogen (secondary N) is 2. The maximum absolute atomic E-state index is 12.4. The number of sulfonamides is 1. The van der Waals surface area contributed by atoms with E-state index in [0.717, 1.165) is 25.8 Å². The van der Waals surface area contributed by atoms with Crippen molar-refractivity contribution in [1.82, 2.24) is 10.0 Å². The van der Waals surface area contributed by atoms with Gasteiger partial charge in [-0.15, -0.1) is 0 Å². The minimum atomic E-state index is -3.61. The fourth-order valence-electron chi connectivity index (χ4n) is 2.44. The number of hydrogen-bond donors (Lipinski definition) is 2. The summed E-state index contributed by atoms with van der Waals surface area (Å²) >= 11 is 0. The molecule has 1 atom stereocenters. The molecule has 1 fully saturated rings. The summed E-state index contributed by atoms with van der Waals surface area (Å²) in [5.74, 6) is 0.788. The lowest BCUT2D eigenvalue weighted by Gasteiger charge is -2.14. The fraction of sp³-hybridized carbons (Fsp3) is 0.571. The second-order valence-corrected chi connectivity index (χ2v) is 6.73. The molecule has 0 radical (unpaired) electrons. The van der Waals surface area contributed by atoms with Gasteiger partial charge in [0.15, 0.2) is 0 Å². The molecule has 0 aliphatic carbocycles. The van der Waals surface area contributed by atoms with E-state index in [9.17, 15) is 8.42 Å². The number of hydrogen-bond acceptors (Lipinski definition) is 5. The third kappa shape index (κ3) is 4.09. The first kappa shape index (κ1) is 16.1. The molecule has 1 saturated heterocycles. The molecule has 0 spiro atoms. The Labute approximate surface area is 125 Å². The van der Waals surface area contributed by atoms with E-state index in [-0.39, 0.29) is 4.90 Å². The molecule has 1 aliphatic heterocycles. The number of methoxy groups -OCH3 is 2. The third-order valence-electron chi connectivity index (χ3n) is 3.61. The lowest BCUT2D eigenvalue weighted by atomic mass is 10.2. The van der Waals surface area contributed by atoms with Crippen molar-refractivity contribution in [1.29, 1.82) is 0 Å². The van der Waals surface area contributed by atoms with Gasteiger partial charge in [0.05, 0.1) is 14.2 Å². The smallest absolute Gasteiger partial charge is 0.244 e. The van der Waals surface area contributed by atoms with Crippen molar-refractivity contribution < 1.29 is 17.9 Å². The highest BCUT2D eigenvalue weighted by molar-refractivity contribution is 7.89. The van der Waals surface area contributed by atoms with Gasteiger partial charge in [-0.05, 0) is 37.9 Å². The van der Waals surface area contributed by atoms with Gasteiger partial charge in [-0.25, -0.2) is 13.1 Å². The van der Waals surface area contributed by atoms with Gasteiger partial charge in [0, 0.05) is 18.7 Å². The van der Waals surface area contributed by atoms with Gasteiger partial charge in [0.1, 0.15) is 16.4 Å². The van der Waals surface area contributed by atoms with Gasteiger partial charge in [-0.2, -0.15) is 0 Å². The van der Waals surface area contributed by atoms with Gasteiger partial charge in [-0.1, -0.05) is 0 Å². The minimum absolute atomic E-state index is 0.101. The fourth-order valence-corrected chi connectivity index (χ4v) is 3.67. The molecule has 0 saturated carbocycles. The zero-order chi connectivity index (χ0) is 15.3. The van der Waals surface area contributed by atoms with Crippen molar-refractivity contribution in [3.05, 3.63) is 18.2 Å². The quantitative estimate of drug-likeness (QED) is 0.789. The van der Waals surface area contributed by atoms with Crippen molar-refractivity contribution in [2.45, 2.75) is 30.2 Å². The lowest BCUT2D eigenvalue weighted by Crippen LogP contribution is -2.30. The highest BCUT2D eigenvalue weighted by Gasteiger charge is 2.21. The number of benzene rings is 1. The Hall–Kier alpha value is -1.31. The Bertz CT molecular complexity index is 568. The molecular weight excluding hydrogens is 292 g/mol. The molecule has 7 heteroatoms. The SMILES string of the molecule is COc1ccc(OC)c(S(=O)(=O)NCC[C@@H]2CCCN2)c1. The van der Waals surface area contributed by atoms with E-state index in [1.807, 2.05) is 0 Å². The summed E-state index contributed by atoms with van der Waals surface area (Å²) in [6, 6.07) is 5.13. The summed E-state index contributed by atoms with van der Waals surface area (Å²) in [6.07, 6.45) is 3.04. The van der Waals surface area contributed by atoms with Crippen LogP contribution in [-0.4, -0.2) is 41.8 Å². The first-order chi connectivity index (χ1) is 10.1. The zero-order valence-electron chi connectivity index (χ0n) is 12.4. The highest BCUT2D eigenvalue weighted by Crippen LogP contribution is 2.27. The van der Waals surface area contributed by atoms with E-state index in [0.29, 0.717) is 24.1 Å². The van der Waals surface area contributed by atoms with Crippen LogP contribution in [-0.2, 0) is 10.0 Å². The van der Waals surface area contributed by atoms with Crippen molar-refractivity contribution >= 4 is 10.0 Å². The maximum atomic E-state index is 12.4. The number of ether oxygens (including phenoxy) is 2. The zero-order valence-corrected chi connectivity index (χ0v) is 13.2. The Kier molecular flexibility index (Phi) is 5.44. The van der Waals surface area contributed by atoms with Crippen LogP contribution < -0.4 is 19.5 Å². The molecule has 1 heterocycles. The first-order valence-electron chi connectivity index (χ1n) is 7.02. The molecule has 118 valence electrons. The number of rotatable bonds is 7. The molecule has 2 rings (SSSR count). The van der Waals surface area contributed by atoms with Crippen LogP contribution in [0.25, 0.3) is 0 Å². The second kappa shape index (κ2) is 7.11. The monoisotopic (exact) mass is 314 g/mol. The summed E-state index contributed by atoms with van der Waals surface area (Å²) in [4.78, 5) is 0.101. The highest BCUT2D eigenvalue weighted by atomic mass is 32.2. The van der Waals surface area contributed by atoms with Crippen LogP contribution in [0.15, 0.2) is 23.1 Å². The molecule has 21 heavy (non-hydrogen) atoms. The van der Waals surface area contributed by atoms with Gasteiger partial charge in [0.25, 0.3) is 0 Å². The van der Waals surface area contributed by atoms with Gasteiger partial charge < -0.3 is 14.8 Å². The van der Waals surface area contributed by atoms with Crippen molar-refractivity contribution in [3.63, 3.8) is 0 Å². The van der Waals surface area contributed by atoms with Crippen LogP contribution in [0.2, 0.25) is 0 Å². The average Bonchev–Trinajstić information content (AvgIpc) is 2.99. The molecule has 6 nitrogen and oxygen atoms in total. The van der Waals surface area contributed by atoms with Gasteiger partial charge in [0.2, 0.25) is 10.0 Å². The molecule has 0 bridgehead atoms. The largest absolute Gasteiger partial charge is 0.497 e. The molecular formula is C14H22N2O4S. The topological polar surface area (TPSA) is 76.7 Å². The van der Waals surface area contributed by atoms with E-state index in [1.165, 1.54) is 20.3 Å². The van der Waals surface area contributed by atoms with E-state index >= 15 is 0 Å². The summed E-state index contributed by atoms with van der Waals surface area (Å²) in [5, 5.41) is 3.34. The Balaban J connectivity index is 2.06. The predicted octanol–water partition coefficient (Wildman–Crippen LogP) is 1.12. The third-order valence-corrected chi connectivity index (χ3v) is 5.09. The van der Waals surface area contributed by atoms with Crippen LogP contribution in [0.1, 0.15) is 19.3 Å². The van der Waals surface area contributed by atoms with E-state index in [4.69, 9.17) is 9.47 Å². The van der Waals surface area contributed by atoms with E-state index in [2.05, 4.69) is 10.0 Å². The molecule has 1 aromatic carbocycles. The Morgan fingerprint density at radius 3 is 2.76 bits per heavy atom. The second-order valence-electron chi connectivity index (χ2n) is 5.00. The normalized spacial score (nSPS) is 18.7. The standard InChI is InChI=1S/C14H22N2O4S/c1-19-12-5-6-13(20-2)14(10-12)21(17,18)16-9-7-11-4-3-8-15-11/h5-6,10-11,15-16H,3-4,7-9H2,1-2H3/t11-/m0/s1. The van der Waals surface area contributed by atoms with E-state index in [1.54, 1.807) is 12.1 Å². The molecule has 1 aliphatic rings. The summed E-state index contributed by atoms with van der Waals surface area (Å²) in [7, 11) is -0.665. The van der Waals surface area contributed by atoms with Gasteiger partial charge >= 0.3 is 0 Å². The van der Waals surface area contributed by atoms with Gasteiger partial charge in [-0.3, -0.25) is 0 Å². The van der Waals surface area contributed by atoms with Crippen LogP contribution in [0, 0.1) is 0 Å². The van der Waals surface area contributed by atoms with Crippen LogP contribution in [0.5, 0.6) is 11.5 Å². The molecule has 0 amide bonds. The van der Waals surface area contributed by atoms with Crippen LogP contribution in [0.4, 0.5) is 0 Å². The summed E-state index contributed by atoms with van der Waals surface area (Å²) in [5.41, 5.74) is 0. The van der Waals surface area contributed by atoms with E-state index < -0.39 is 10.0 Å². The molecule has 0 unspecified atom stereocenters. The average molecular weight is 314 g/mol. The summed E-state index contributed by atoms with van der Waals surface area (Å²) in [6.45, 7) is 1.42. The van der Waals surface area contributed by atoms with Crippen molar-refractivity contribution in [2.24, 2.45) is 0 Å². The molecule has 1 aromatic rings. The van der Waals surface area contributed by atoms with Crippen LogP contribution >= 0.6 is 0 Å².